The largest absolute Gasteiger partial charge is 0.312 e. The Hall–Kier alpha value is -2.22. The van der Waals surface area contributed by atoms with E-state index in [1.165, 1.54) is 0 Å². The average Bonchev–Trinajstić information content (AvgIpc) is 3.14. The van der Waals surface area contributed by atoms with E-state index in [1.807, 2.05) is 37.4 Å². The van der Waals surface area contributed by atoms with Crippen LogP contribution < -0.4 is 4.90 Å². The van der Waals surface area contributed by atoms with E-state index in [1.54, 1.807) is 33.5 Å². The maximum Gasteiger partial charge on any atom is 0.243 e. The number of amides is 1. The van der Waals surface area contributed by atoms with Crippen LogP contribution in [-0.2, 0) is 14.8 Å². The summed E-state index contributed by atoms with van der Waals surface area (Å²) in [6.45, 7) is 2.50. The molecule has 28 heavy (non-hydrogen) atoms. The lowest BCUT2D eigenvalue weighted by atomic mass is 10.1. The number of carbonyl (C=O) groups is 1. The zero-order valence-corrected chi connectivity index (χ0v) is 16.8. The van der Waals surface area contributed by atoms with Gasteiger partial charge in [-0.2, -0.15) is 4.31 Å². The van der Waals surface area contributed by atoms with Gasteiger partial charge in [-0.25, -0.2) is 8.42 Å². The molecule has 1 unspecified atom stereocenters. The number of carbonyl (C=O) groups excluding carboxylic acids is 1. The van der Waals surface area contributed by atoms with E-state index in [0.717, 1.165) is 17.7 Å². The molecule has 4 rings (SSSR count). The van der Waals surface area contributed by atoms with Crippen LogP contribution in [0.2, 0.25) is 0 Å². The highest BCUT2D eigenvalue weighted by molar-refractivity contribution is 7.89. The number of likely N-dealkylation sites (N-methyl/N-ethyl adjacent to an activating group) is 1. The highest BCUT2D eigenvalue weighted by Crippen LogP contribution is 2.32. The maximum absolute atomic E-state index is 13.4. The van der Waals surface area contributed by atoms with Crippen molar-refractivity contribution in [2.75, 3.05) is 38.1 Å². The van der Waals surface area contributed by atoms with Gasteiger partial charge in [0.25, 0.3) is 0 Å². The minimum atomic E-state index is -3.63. The van der Waals surface area contributed by atoms with Crippen LogP contribution >= 0.6 is 0 Å². The van der Waals surface area contributed by atoms with Gasteiger partial charge in [0.05, 0.1) is 10.9 Å². The topological polar surface area (TPSA) is 60.9 Å². The van der Waals surface area contributed by atoms with Crippen molar-refractivity contribution in [1.29, 1.82) is 0 Å². The number of hydrogen-bond donors (Lipinski definition) is 0. The molecule has 0 saturated carbocycles. The van der Waals surface area contributed by atoms with Crippen LogP contribution in [0.5, 0.6) is 0 Å². The molecule has 2 saturated heterocycles. The predicted molar refractivity (Wildman–Crippen MR) is 109 cm³/mol. The molecule has 0 radical (unpaired) electrons. The number of sulfonamides is 1. The van der Waals surface area contributed by atoms with Crippen molar-refractivity contribution < 1.29 is 13.2 Å². The molecule has 148 valence electrons. The van der Waals surface area contributed by atoms with Crippen molar-refractivity contribution >= 4 is 21.6 Å². The van der Waals surface area contributed by atoms with Crippen LogP contribution in [-0.4, -0.2) is 56.8 Å². The van der Waals surface area contributed by atoms with E-state index in [4.69, 9.17) is 0 Å². The van der Waals surface area contributed by atoms with E-state index in [0.29, 0.717) is 32.6 Å². The van der Waals surface area contributed by atoms with Gasteiger partial charge in [-0.3, -0.25) is 4.79 Å². The molecular weight excluding hydrogens is 374 g/mol. The van der Waals surface area contributed by atoms with Crippen LogP contribution in [0.25, 0.3) is 0 Å². The fraction of sp³-hybridized carbons (Fsp3) is 0.381. The Morgan fingerprint density at radius 2 is 1.64 bits per heavy atom. The fourth-order valence-electron chi connectivity index (χ4n) is 3.99. The van der Waals surface area contributed by atoms with Crippen LogP contribution in [0, 0.1) is 0 Å². The Morgan fingerprint density at radius 1 is 0.929 bits per heavy atom. The minimum absolute atomic E-state index is 0.0961. The summed E-state index contributed by atoms with van der Waals surface area (Å²) in [6, 6.07) is 16.3. The van der Waals surface area contributed by atoms with Crippen LogP contribution in [0.3, 0.4) is 0 Å². The van der Waals surface area contributed by atoms with E-state index < -0.39 is 10.0 Å². The number of rotatable bonds is 4. The second-order valence-corrected chi connectivity index (χ2v) is 9.34. The molecular formula is C21H25N3O3S. The molecule has 2 aliphatic rings. The summed E-state index contributed by atoms with van der Waals surface area (Å²) in [7, 11) is -1.62. The summed E-state index contributed by atoms with van der Waals surface area (Å²) < 4.78 is 28.4. The molecule has 0 aliphatic carbocycles. The third-order valence-corrected chi connectivity index (χ3v) is 7.47. The Bertz CT molecular complexity index is 945. The lowest BCUT2D eigenvalue weighted by Gasteiger charge is -2.39. The molecule has 2 fully saturated rings. The van der Waals surface area contributed by atoms with Crippen LogP contribution in [0.15, 0.2) is 59.5 Å². The number of benzene rings is 2. The summed E-state index contributed by atoms with van der Waals surface area (Å²) in [5, 5.41) is 0. The summed E-state index contributed by atoms with van der Waals surface area (Å²) in [6.07, 6.45) is 1.40. The molecule has 2 heterocycles. The number of anilines is 1. The molecule has 0 N–H and O–H groups in total. The third-order valence-electron chi connectivity index (χ3n) is 5.55. The maximum atomic E-state index is 13.4. The smallest absolute Gasteiger partial charge is 0.243 e. The van der Waals surface area contributed by atoms with Crippen LogP contribution in [0.1, 0.15) is 24.4 Å². The van der Waals surface area contributed by atoms with Gasteiger partial charge in [0.1, 0.15) is 0 Å². The summed E-state index contributed by atoms with van der Waals surface area (Å²) in [4.78, 5) is 16.1. The first-order chi connectivity index (χ1) is 13.5. The summed E-state index contributed by atoms with van der Waals surface area (Å²) in [5.41, 5.74) is 1.76. The molecule has 2 aromatic carbocycles. The van der Waals surface area contributed by atoms with Gasteiger partial charge >= 0.3 is 0 Å². The minimum Gasteiger partial charge on any atom is -0.312 e. The van der Waals surface area contributed by atoms with Crippen LogP contribution in [0.4, 0.5) is 5.69 Å². The van der Waals surface area contributed by atoms with Gasteiger partial charge in [-0.05, 0) is 43.3 Å². The van der Waals surface area contributed by atoms with Gasteiger partial charge < -0.3 is 9.80 Å². The lowest BCUT2D eigenvalue weighted by Crippen LogP contribution is -2.49. The standard InChI is InChI=1S/C21H25N3O3S/c1-22-14-15-24(20(16-22)17-6-3-2-4-7-17)28(26,27)19-11-9-18(10-12-19)23-13-5-8-21(23)25/h2-4,6-7,9-12,20H,5,8,13-16H2,1H3. The normalized spacial score (nSPS) is 22.0. The van der Waals surface area contributed by atoms with E-state index >= 15 is 0 Å². The van der Waals surface area contributed by atoms with Crippen molar-refractivity contribution in [1.82, 2.24) is 9.21 Å². The van der Waals surface area contributed by atoms with Gasteiger partial charge in [-0.15, -0.1) is 0 Å². The van der Waals surface area contributed by atoms with Crippen molar-refractivity contribution in [3.05, 3.63) is 60.2 Å². The highest BCUT2D eigenvalue weighted by atomic mass is 32.2. The molecule has 2 aromatic rings. The first-order valence-electron chi connectivity index (χ1n) is 9.62. The van der Waals surface area contributed by atoms with E-state index in [-0.39, 0.29) is 16.8 Å². The zero-order valence-electron chi connectivity index (χ0n) is 16.0. The number of hydrogen-bond acceptors (Lipinski definition) is 4. The quantitative estimate of drug-likeness (QED) is 0.793. The molecule has 1 amide bonds. The highest BCUT2D eigenvalue weighted by Gasteiger charge is 2.36. The molecule has 7 heteroatoms. The molecule has 1 atom stereocenters. The Balaban J connectivity index is 1.63. The predicted octanol–water partition coefficient (Wildman–Crippen LogP) is 2.49. The number of piperazine rings is 1. The van der Waals surface area contributed by atoms with Crippen molar-refractivity contribution in [3.63, 3.8) is 0 Å². The molecule has 0 aromatic heterocycles. The van der Waals surface area contributed by atoms with Crippen molar-refractivity contribution in [3.8, 4) is 0 Å². The van der Waals surface area contributed by atoms with Gasteiger partial charge in [0.2, 0.25) is 15.9 Å². The van der Waals surface area contributed by atoms with E-state index in [2.05, 4.69) is 4.90 Å². The third kappa shape index (κ3) is 3.57. The molecule has 0 bridgehead atoms. The first kappa shape index (κ1) is 19.1. The Labute approximate surface area is 166 Å². The fourth-order valence-corrected chi connectivity index (χ4v) is 5.59. The van der Waals surface area contributed by atoms with E-state index in [9.17, 15) is 13.2 Å². The second-order valence-electron chi connectivity index (χ2n) is 7.45. The monoisotopic (exact) mass is 399 g/mol. The Kier molecular flexibility index (Phi) is 5.23. The molecule has 6 nitrogen and oxygen atoms in total. The lowest BCUT2D eigenvalue weighted by molar-refractivity contribution is -0.117. The Morgan fingerprint density at radius 3 is 2.29 bits per heavy atom. The zero-order chi connectivity index (χ0) is 19.7. The summed E-state index contributed by atoms with van der Waals surface area (Å²) in [5.74, 6) is 0.0961. The van der Waals surface area contributed by atoms with Gasteiger partial charge in [0.15, 0.2) is 0 Å². The number of nitrogens with zero attached hydrogens (tertiary/aromatic N) is 3. The van der Waals surface area contributed by atoms with Crippen molar-refractivity contribution in [2.45, 2.75) is 23.8 Å². The first-order valence-corrected chi connectivity index (χ1v) is 11.1. The summed E-state index contributed by atoms with van der Waals surface area (Å²) >= 11 is 0. The molecule has 0 spiro atoms. The molecule has 2 aliphatic heterocycles. The van der Waals surface area contributed by atoms with Gasteiger partial charge in [-0.1, -0.05) is 30.3 Å². The SMILES string of the molecule is CN1CCN(S(=O)(=O)c2ccc(N3CCCC3=O)cc2)C(c2ccccc2)C1. The van der Waals surface area contributed by atoms with Crippen molar-refractivity contribution in [2.24, 2.45) is 0 Å². The average molecular weight is 400 g/mol. The second kappa shape index (κ2) is 7.66. The van der Waals surface area contributed by atoms with Gasteiger partial charge in [0, 0.05) is 38.3 Å².